The summed E-state index contributed by atoms with van der Waals surface area (Å²) in [7, 11) is -1.33. The highest BCUT2D eigenvalue weighted by molar-refractivity contribution is 7.90. The van der Waals surface area contributed by atoms with Crippen LogP contribution in [0, 0.1) is 5.95 Å². The number of aromatic nitrogens is 1. The maximum absolute atomic E-state index is 13.0. The van der Waals surface area contributed by atoms with Gasteiger partial charge in [-0.25, -0.2) is 18.1 Å². The summed E-state index contributed by atoms with van der Waals surface area (Å²) in [4.78, 5) is 5.82. The maximum Gasteiger partial charge on any atom is 0.214 e. The fraction of sp³-hybridized carbons (Fsp3) is 0.421. The van der Waals surface area contributed by atoms with E-state index in [1.54, 1.807) is 19.9 Å². The first kappa shape index (κ1) is 18.9. The Morgan fingerprint density at radius 2 is 1.77 bits per heavy atom. The van der Waals surface area contributed by atoms with Crippen molar-refractivity contribution in [1.29, 1.82) is 0 Å². The van der Waals surface area contributed by atoms with Crippen molar-refractivity contribution in [3.63, 3.8) is 0 Å². The minimum atomic E-state index is -3.32. The Bertz CT molecular complexity index is 851. The van der Waals surface area contributed by atoms with Crippen molar-refractivity contribution in [1.82, 2.24) is 14.6 Å². The van der Waals surface area contributed by atoms with Crippen molar-refractivity contribution in [2.45, 2.75) is 31.1 Å². The van der Waals surface area contributed by atoms with Gasteiger partial charge >= 0.3 is 0 Å². The molecule has 1 fully saturated rings. The highest BCUT2D eigenvalue weighted by Crippen LogP contribution is 2.29. The van der Waals surface area contributed by atoms with Gasteiger partial charge in [-0.2, -0.15) is 4.39 Å². The van der Waals surface area contributed by atoms with Crippen molar-refractivity contribution < 1.29 is 12.8 Å². The van der Waals surface area contributed by atoms with Gasteiger partial charge < -0.3 is 4.90 Å². The summed E-state index contributed by atoms with van der Waals surface area (Å²) in [6.45, 7) is 4.84. The molecule has 0 spiro atoms. The standard InChI is InChI=1S/C19H24FN3O2S/c1-13(2)26(24,25)22-18-12-23(3)11-17(18)15-6-4-14(5-7-15)16-8-9-19(20)21-10-16/h4-10,13,17-18,22H,11-12H2,1-3H3/t17-,18+/m0/s1. The molecule has 26 heavy (non-hydrogen) atoms. The zero-order valence-electron chi connectivity index (χ0n) is 15.2. The highest BCUT2D eigenvalue weighted by atomic mass is 32.2. The van der Waals surface area contributed by atoms with Gasteiger partial charge in [0, 0.05) is 36.8 Å². The van der Waals surface area contributed by atoms with E-state index in [1.165, 1.54) is 12.3 Å². The summed E-state index contributed by atoms with van der Waals surface area (Å²) in [5, 5.41) is -0.456. The van der Waals surface area contributed by atoms with Crippen molar-refractivity contribution in [2.24, 2.45) is 0 Å². The minimum absolute atomic E-state index is 0.0916. The molecule has 0 aliphatic carbocycles. The number of likely N-dealkylation sites (tertiary alicyclic amines) is 1. The third-order valence-corrected chi connectivity index (χ3v) is 6.71. The zero-order valence-corrected chi connectivity index (χ0v) is 16.0. The predicted octanol–water partition coefficient (Wildman–Crippen LogP) is 2.61. The van der Waals surface area contributed by atoms with Gasteiger partial charge in [-0.1, -0.05) is 24.3 Å². The summed E-state index contributed by atoms with van der Waals surface area (Å²) in [5.41, 5.74) is 2.88. The molecular weight excluding hydrogens is 353 g/mol. The molecule has 1 aromatic carbocycles. The quantitative estimate of drug-likeness (QED) is 0.814. The largest absolute Gasteiger partial charge is 0.304 e. The van der Waals surface area contributed by atoms with Crippen LogP contribution in [0.15, 0.2) is 42.6 Å². The Balaban J connectivity index is 1.81. The monoisotopic (exact) mass is 377 g/mol. The van der Waals surface area contributed by atoms with Gasteiger partial charge in [0.15, 0.2) is 0 Å². The number of benzene rings is 1. The fourth-order valence-electron chi connectivity index (χ4n) is 3.27. The van der Waals surface area contributed by atoms with Gasteiger partial charge in [-0.05, 0) is 44.2 Å². The van der Waals surface area contributed by atoms with Crippen LogP contribution in [0.3, 0.4) is 0 Å². The molecule has 1 saturated heterocycles. The van der Waals surface area contributed by atoms with E-state index < -0.39 is 21.2 Å². The van der Waals surface area contributed by atoms with E-state index >= 15 is 0 Å². The third kappa shape index (κ3) is 4.11. The Morgan fingerprint density at radius 3 is 2.35 bits per heavy atom. The maximum atomic E-state index is 13.0. The number of halogens is 1. The van der Waals surface area contributed by atoms with Gasteiger partial charge in [0.2, 0.25) is 16.0 Å². The second-order valence-electron chi connectivity index (χ2n) is 7.14. The second kappa shape index (κ2) is 7.42. The van der Waals surface area contributed by atoms with E-state index in [4.69, 9.17) is 0 Å². The Hall–Kier alpha value is -1.83. The van der Waals surface area contributed by atoms with Gasteiger partial charge in [0.25, 0.3) is 0 Å². The average Bonchev–Trinajstić information content (AvgIpc) is 2.95. The number of pyridine rings is 1. The van der Waals surface area contributed by atoms with Crippen molar-refractivity contribution in [3.8, 4) is 11.1 Å². The first-order valence-corrected chi connectivity index (χ1v) is 10.2. The average molecular weight is 377 g/mol. The number of rotatable bonds is 5. The first-order valence-electron chi connectivity index (χ1n) is 8.68. The predicted molar refractivity (Wildman–Crippen MR) is 101 cm³/mol. The summed E-state index contributed by atoms with van der Waals surface area (Å²) < 4.78 is 40.4. The summed E-state index contributed by atoms with van der Waals surface area (Å²) in [5.74, 6) is -0.409. The molecule has 5 nitrogen and oxygen atoms in total. The topological polar surface area (TPSA) is 62.3 Å². The van der Waals surface area contributed by atoms with Crippen LogP contribution in [0.25, 0.3) is 11.1 Å². The third-order valence-electron chi connectivity index (χ3n) is 4.84. The first-order chi connectivity index (χ1) is 12.3. The minimum Gasteiger partial charge on any atom is -0.304 e. The molecule has 2 atom stereocenters. The number of nitrogens with one attached hydrogen (secondary N) is 1. The van der Waals surface area contributed by atoms with Crippen LogP contribution in [-0.2, 0) is 10.0 Å². The molecule has 2 aromatic rings. The molecule has 0 bridgehead atoms. The van der Waals surface area contributed by atoms with Crippen LogP contribution in [0.2, 0.25) is 0 Å². The summed E-state index contributed by atoms with van der Waals surface area (Å²) >= 11 is 0. The summed E-state index contributed by atoms with van der Waals surface area (Å²) in [6, 6.07) is 10.9. The summed E-state index contributed by atoms with van der Waals surface area (Å²) in [6.07, 6.45) is 1.51. The molecule has 1 aromatic heterocycles. The Kier molecular flexibility index (Phi) is 5.41. The van der Waals surface area contributed by atoms with Crippen molar-refractivity contribution in [2.75, 3.05) is 20.1 Å². The van der Waals surface area contributed by atoms with E-state index in [1.807, 2.05) is 31.3 Å². The van der Waals surface area contributed by atoms with E-state index in [0.29, 0.717) is 6.54 Å². The number of sulfonamides is 1. The molecule has 0 unspecified atom stereocenters. The van der Waals surface area contributed by atoms with Crippen LogP contribution in [0.5, 0.6) is 0 Å². The van der Waals surface area contributed by atoms with E-state index in [0.717, 1.165) is 23.2 Å². The van der Waals surface area contributed by atoms with E-state index in [-0.39, 0.29) is 12.0 Å². The van der Waals surface area contributed by atoms with Gasteiger partial charge in [-0.15, -0.1) is 0 Å². The Morgan fingerprint density at radius 1 is 1.12 bits per heavy atom. The van der Waals surface area contributed by atoms with Crippen LogP contribution < -0.4 is 4.72 Å². The molecule has 0 saturated carbocycles. The second-order valence-corrected chi connectivity index (χ2v) is 9.41. The Labute approximate surface area is 154 Å². The molecule has 1 aliphatic heterocycles. The van der Waals surface area contributed by atoms with Gasteiger partial charge in [0.05, 0.1) is 5.25 Å². The molecule has 3 rings (SSSR count). The van der Waals surface area contributed by atoms with Crippen LogP contribution in [0.1, 0.15) is 25.3 Å². The van der Waals surface area contributed by atoms with Gasteiger partial charge in [0.1, 0.15) is 0 Å². The van der Waals surface area contributed by atoms with Crippen LogP contribution in [-0.4, -0.2) is 49.7 Å². The number of nitrogens with zero attached hydrogens (tertiary/aromatic N) is 2. The van der Waals surface area contributed by atoms with Crippen molar-refractivity contribution in [3.05, 3.63) is 54.1 Å². The lowest BCUT2D eigenvalue weighted by molar-refractivity contribution is 0.404. The molecule has 1 N–H and O–H groups in total. The molecule has 0 amide bonds. The zero-order chi connectivity index (χ0) is 18.9. The molecule has 7 heteroatoms. The number of hydrogen-bond acceptors (Lipinski definition) is 4. The number of likely N-dealkylation sites (N-methyl/N-ethyl adjacent to an activating group) is 1. The lowest BCUT2D eigenvalue weighted by Gasteiger charge is -2.22. The fourth-order valence-corrected chi connectivity index (χ4v) is 4.21. The van der Waals surface area contributed by atoms with Crippen molar-refractivity contribution >= 4 is 10.0 Å². The lowest BCUT2D eigenvalue weighted by Crippen LogP contribution is -2.42. The lowest BCUT2D eigenvalue weighted by atomic mass is 9.93. The van der Waals surface area contributed by atoms with E-state index in [2.05, 4.69) is 14.6 Å². The molecule has 1 aliphatic rings. The van der Waals surface area contributed by atoms with Crippen LogP contribution in [0.4, 0.5) is 4.39 Å². The highest BCUT2D eigenvalue weighted by Gasteiger charge is 2.35. The normalized spacial score (nSPS) is 21.4. The van der Waals surface area contributed by atoms with Crippen LogP contribution >= 0.6 is 0 Å². The number of hydrogen-bond donors (Lipinski definition) is 1. The molecule has 2 heterocycles. The molecule has 0 radical (unpaired) electrons. The smallest absolute Gasteiger partial charge is 0.214 e. The molecule has 140 valence electrons. The molecular formula is C19H24FN3O2S. The SMILES string of the molecule is CC(C)S(=O)(=O)N[C@@H]1CN(C)C[C@H]1c1ccc(-c2ccc(F)nc2)cc1. The van der Waals surface area contributed by atoms with E-state index in [9.17, 15) is 12.8 Å². The van der Waals surface area contributed by atoms with Gasteiger partial charge in [-0.3, -0.25) is 0 Å².